The SMILES string of the molecule is COc1cc(OC)cc(-c2cc(=O)[nH]c(N)n2)c1. The van der Waals surface area contributed by atoms with E-state index in [0.29, 0.717) is 22.8 Å². The van der Waals surface area contributed by atoms with Crippen molar-refractivity contribution in [3.63, 3.8) is 0 Å². The molecule has 0 saturated heterocycles. The highest BCUT2D eigenvalue weighted by Gasteiger charge is 2.07. The molecule has 3 N–H and O–H groups in total. The van der Waals surface area contributed by atoms with Crippen molar-refractivity contribution in [2.75, 3.05) is 20.0 Å². The number of rotatable bonds is 3. The first-order valence-electron chi connectivity index (χ1n) is 5.22. The normalized spacial score (nSPS) is 10.1. The number of nitrogens with two attached hydrogens (primary N) is 1. The van der Waals surface area contributed by atoms with E-state index in [1.54, 1.807) is 32.4 Å². The van der Waals surface area contributed by atoms with E-state index < -0.39 is 0 Å². The zero-order valence-corrected chi connectivity index (χ0v) is 10.1. The predicted octanol–water partition coefficient (Wildman–Crippen LogP) is 1.04. The summed E-state index contributed by atoms with van der Waals surface area (Å²) >= 11 is 0. The first kappa shape index (κ1) is 12.0. The van der Waals surface area contributed by atoms with E-state index in [1.165, 1.54) is 6.07 Å². The fraction of sp³-hybridized carbons (Fsp3) is 0.167. The molecule has 0 amide bonds. The van der Waals surface area contributed by atoms with Gasteiger partial charge in [0.15, 0.2) is 0 Å². The van der Waals surface area contributed by atoms with E-state index in [-0.39, 0.29) is 11.5 Å². The minimum absolute atomic E-state index is 0.0688. The van der Waals surface area contributed by atoms with Crippen molar-refractivity contribution in [2.45, 2.75) is 0 Å². The molecule has 0 radical (unpaired) electrons. The monoisotopic (exact) mass is 247 g/mol. The number of benzene rings is 1. The second-order valence-electron chi connectivity index (χ2n) is 3.62. The molecule has 0 atom stereocenters. The lowest BCUT2D eigenvalue weighted by Crippen LogP contribution is -2.10. The number of hydrogen-bond acceptors (Lipinski definition) is 5. The van der Waals surface area contributed by atoms with Gasteiger partial charge in [-0.2, -0.15) is 0 Å². The average molecular weight is 247 g/mol. The number of nitrogen functional groups attached to an aromatic ring is 1. The summed E-state index contributed by atoms with van der Waals surface area (Å²) in [5.74, 6) is 1.30. The van der Waals surface area contributed by atoms with E-state index in [9.17, 15) is 4.79 Å². The molecule has 6 nitrogen and oxygen atoms in total. The van der Waals surface area contributed by atoms with Gasteiger partial charge in [0.25, 0.3) is 5.56 Å². The van der Waals surface area contributed by atoms with Crippen molar-refractivity contribution >= 4 is 5.95 Å². The second-order valence-corrected chi connectivity index (χ2v) is 3.62. The third-order valence-electron chi connectivity index (χ3n) is 2.41. The molecule has 0 saturated carbocycles. The number of aromatic nitrogens is 2. The Morgan fingerprint density at radius 1 is 1.11 bits per heavy atom. The zero-order valence-electron chi connectivity index (χ0n) is 10.1. The molecular weight excluding hydrogens is 234 g/mol. The van der Waals surface area contributed by atoms with Crippen molar-refractivity contribution in [1.82, 2.24) is 9.97 Å². The van der Waals surface area contributed by atoms with Crippen molar-refractivity contribution in [3.8, 4) is 22.8 Å². The molecule has 1 aromatic carbocycles. The van der Waals surface area contributed by atoms with Crippen LogP contribution >= 0.6 is 0 Å². The van der Waals surface area contributed by atoms with Crippen LogP contribution in [0.15, 0.2) is 29.1 Å². The van der Waals surface area contributed by atoms with Crippen molar-refractivity contribution < 1.29 is 9.47 Å². The molecule has 1 aromatic heterocycles. The molecule has 0 spiro atoms. The van der Waals surface area contributed by atoms with Gasteiger partial charge in [-0.1, -0.05) is 0 Å². The number of nitrogens with one attached hydrogen (secondary N) is 1. The lowest BCUT2D eigenvalue weighted by molar-refractivity contribution is 0.394. The smallest absolute Gasteiger partial charge is 0.252 e. The molecule has 18 heavy (non-hydrogen) atoms. The quantitative estimate of drug-likeness (QED) is 0.845. The Kier molecular flexibility index (Phi) is 3.18. The molecule has 1 heterocycles. The first-order valence-corrected chi connectivity index (χ1v) is 5.22. The van der Waals surface area contributed by atoms with E-state index in [4.69, 9.17) is 15.2 Å². The highest BCUT2D eigenvalue weighted by atomic mass is 16.5. The van der Waals surface area contributed by atoms with Crippen molar-refractivity contribution in [1.29, 1.82) is 0 Å². The van der Waals surface area contributed by atoms with Gasteiger partial charge >= 0.3 is 0 Å². The Labute approximate surface area is 103 Å². The van der Waals surface area contributed by atoms with Crippen LogP contribution in [0, 0.1) is 0 Å². The standard InChI is InChI=1S/C12H13N3O3/c1-17-8-3-7(4-9(5-8)18-2)10-6-11(16)15-12(13)14-10/h3-6H,1-2H3,(H3,13,14,15,16). The molecule has 0 fully saturated rings. The van der Waals surface area contributed by atoms with Crippen LogP contribution in [0.2, 0.25) is 0 Å². The largest absolute Gasteiger partial charge is 0.497 e. The molecule has 94 valence electrons. The van der Waals surface area contributed by atoms with Crippen molar-refractivity contribution in [3.05, 3.63) is 34.6 Å². The zero-order chi connectivity index (χ0) is 13.1. The van der Waals surface area contributed by atoms with Crippen LogP contribution < -0.4 is 20.8 Å². The van der Waals surface area contributed by atoms with Crippen LogP contribution in [0.1, 0.15) is 0 Å². The van der Waals surface area contributed by atoms with Crippen LogP contribution in [-0.2, 0) is 0 Å². The Morgan fingerprint density at radius 3 is 2.22 bits per heavy atom. The minimum Gasteiger partial charge on any atom is -0.497 e. The lowest BCUT2D eigenvalue weighted by Gasteiger charge is -2.08. The number of anilines is 1. The van der Waals surface area contributed by atoms with E-state index in [1.807, 2.05) is 0 Å². The second kappa shape index (κ2) is 4.79. The van der Waals surface area contributed by atoms with Crippen LogP contribution in [-0.4, -0.2) is 24.2 Å². The number of aromatic amines is 1. The number of ether oxygens (including phenoxy) is 2. The summed E-state index contributed by atoms with van der Waals surface area (Å²) in [6.07, 6.45) is 0. The number of hydrogen-bond donors (Lipinski definition) is 2. The predicted molar refractivity (Wildman–Crippen MR) is 67.8 cm³/mol. The molecule has 2 aromatic rings. The molecule has 0 bridgehead atoms. The van der Waals surface area contributed by atoms with Gasteiger partial charge in [-0.15, -0.1) is 0 Å². The van der Waals surface area contributed by atoms with Gasteiger partial charge in [0.05, 0.1) is 19.9 Å². The van der Waals surface area contributed by atoms with Gasteiger partial charge in [-0.05, 0) is 12.1 Å². The summed E-state index contributed by atoms with van der Waals surface area (Å²) in [6, 6.07) is 6.61. The fourth-order valence-corrected chi connectivity index (χ4v) is 1.58. The van der Waals surface area contributed by atoms with Gasteiger partial charge in [0, 0.05) is 17.7 Å². The third kappa shape index (κ3) is 2.42. The summed E-state index contributed by atoms with van der Waals surface area (Å²) in [6.45, 7) is 0. The number of H-pyrrole nitrogens is 1. The van der Waals surface area contributed by atoms with Crippen LogP contribution in [0.4, 0.5) is 5.95 Å². The van der Waals surface area contributed by atoms with Crippen molar-refractivity contribution in [2.24, 2.45) is 0 Å². The summed E-state index contributed by atoms with van der Waals surface area (Å²) in [5, 5.41) is 0. The fourth-order valence-electron chi connectivity index (χ4n) is 1.58. The molecule has 0 unspecified atom stereocenters. The molecule has 0 aliphatic carbocycles. The maximum Gasteiger partial charge on any atom is 0.252 e. The molecular formula is C12H13N3O3. The van der Waals surface area contributed by atoms with Crippen LogP contribution in [0.3, 0.4) is 0 Å². The summed E-state index contributed by atoms with van der Waals surface area (Å²) < 4.78 is 10.3. The molecule has 2 rings (SSSR count). The van der Waals surface area contributed by atoms with Crippen LogP contribution in [0.5, 0.6) is 11.5 Å². The third-order valence-corrected chi connectivity index (χ3v) is 2.41. The lowest BCUT2D eigenvalue weighted by atomic mass is 10.1. The van der Waals surface area contributed by atoms with Gasteiger partial charge in [-0.25, -0.2) is 4.98 Å². The Bertz CT molecular complexity index is 600. The van der Waals surface area contributed by atoms with Crippen LogP contribution in [0.25, 0.3) is 11.3 Å². The number of methoxy groups -OCH3 is 2. The Balaban J connectivity index is 2.58. The maximum absolute atomic E-state index is 11.4. The average Bonchev–Trinajstić information content (AvgIpc) is 2.37. The van der Waals surface area contributed by atoms with Gasteiger partial charge in [0.1, 0.15) is 11.5 Å². The van der Waals surface area contributed by atoms with E-state index in [0.717, 1.165) is 0 Å². The molecule has 6 heteroatoms. The van der Waals surface area contributed by atoms with Gasteiger partial charge < -0.3 is 15.2 Å². The number of nitrogens with zero attached hydrogens (tertiary/aromatic N) is 1. The molecule has 0 aliphatic rings. The summed E-state index contributed by atoms with van der Waals surface area (Å²) in [7, 11) is 3.11. The highest BCUT2D eigenvalue weighted by Crippen LogP contribution is 2.28. The van der Waals surface area contributed by atoms with Gasteiger partial charge in [0.2, 0.25) is 5.95 Å². The van der Waals surface area contributed by atoms with E-state index >= 15 is 0 Å². The first-order chi connectivity index (χ1) is 8.62. The summed E-state index contributed by atoms with van der Waals surface area (Å²) in [4.78, 5) is 17.8. The van der Waals surface area contributed by atoms with Gasteiger partial charge in [-0.3, -0.25) is 9.78 Å². The molecule has 0 aliphatic heterocycles. The van der Waals surface area contributed by atoms with E-state index in [2.05, 4.69) is 9.97 Å². The Hall–Kier alpha value is -2.50. The topological polar surface area (TPSA) is 90.2 Å². The minimum atomic E-state index is -0.306. The maximum atomic E-state index is 11.4. The summed E-state index contributed by atoms with van der Waals surface area (Å²) in [5.41, 5.74) is 6.37. The highest BCUT2D eigenvalue weighted by molar-refractivity contribution is 5.64. The Morgan fingerprint density at radius 2 is 1.72 bits per heavy atom.